The topological polar surface area (TPSA) is 51.0 Å². The lowest BCUT2D eigenvalue weighted by Crippen LogP contribution is -2.11. The van der Waals surface area contributed by atoms with Gasteiger partial charge in [0, 0.05) is 24.2 Å². The summed E-state index contributed by atoms with van der Waals surface area (Å²) in [5.41, 5.74) is 0. The molecule has 0 fully saturated rings. The molecule has 0 atom stereocenters. The molecular weight excluding hydrogens is 186 g/mol. The lowest BCUT2D eigenvalue weighted by Gasteiger charge is -1.97. The molecule has 2 aromatic rings. The zero-order valence-electron chi connectivity index (χ0n) is 6.93. The summed E-state index contributed by atoms with van der Waals surface area (Å²) in [7, 11) is 0. The van der Waals surface area contributed by atoms with Gasteiger partial charge in [0.25, 0.3) is 0 Å². The van der Waals surface area contributed by atoms with Crippen molar-refractivity contribution in [2.45, 2.75) is 13.1 Å². The zero-order chi connectivity index (χ0) is 8.93. The van der Waals surface area contributed by atoms with Crippen molar-refractivity contribution in [2.75, 3.05) is 0 Å². The van der Waals surface area contributed by atoms with Gasteiger partial charge in [0.1, 0.15) is 10.8 Å². The molecule has 68 valence electrons. The first-order valence-corrected chi connectivity index (χ1v) is 4.82. The quantitative estimate of drug-likeness (QED) is 0.801. The minimum absolute atomic E-state index is 0.694. The van der Waals surface area contributed by atoms with Crippen molar-refractivity contribution >= 4 is 11.3 Å². The highest BCUT2D eigenvalue weighted by atomic mass is 32.1. The molecule has 0 aliphatic rings. The van der Waals surface area contributed by atoms with Crippen LogP contribution in [0.25, 0.3) is 0 Å². The van der Waals surface area contributed by atoms with E-state index in [0.717, 1.165) is 17.3 Å². The molecule has 0 radical (unpaired) electrons. The van der Waals surface area contributed by atoms with Crippen molar-refractivity contribution in [1.29, 1.82) is 0 Å². The maximum atomic E-state index is 4.92. The van der Waals surface area contributed by atoms with Gasteiger partial charge in [-0.3, -0.25) is 0 Å². The highest BCUT2D eigenvalue weighted by Crippen LogP contribution is 2.03. The molecule has 4 nitrogen and oxygen atoms in total. The smallest absolute Gasteiger partial charge is 0.150 e. The molecule has 0 saturated heterocycles. The molecule has 0 amide bonds. The maximum Gasteiger partial charge on any atom is 0.150 e. The average molecular weight is 195 g/mol. The SMILES string of the molecule is c1cc(CNCc2nccs2)on1. The van der Waals surface area contributed by atoms with Gasteiger partial charge in [0.15, 0.2) is 0 Å². The monoisotopic (exact) mass is 195 g/mol. The Labute approximate surface area is 79.6 Å². The van der Waals surface area contributed by atoms with Gasteiger partial charge in [-0.1, -0.05) is 5.16 Å². The van der Waals surface area contributed by atoms with E-state index in [1.807, 2.05) is 11.4 Å². The van der Waals surface area contributed by atoms with Crippen LogP contribution in [-0.4, -0.2) is 10.1 Å². The minimum Gasteiger partial charge on any atom is -0.360 e. The van der Waals surface area contributed by atoms with Crippen molar-refractivity contribution in [3.63, 3.8) is 0 Å². The molecule has 0 aliphatic heterocycles. The Bertz CT molecular complexity index is 296. The second-order valence-corrected chi connectivity index (χ2v) is 3.49. The molecule has 0 aliphatic carbocycles. The minimum atomic E-state index is 0.694. The van der Waals surface area contributed by atoms with E-state index < -0.39 is 0 Å². The van der Waals surface area contributed by atoms with Gasteiger partial charge in [-0.15, -0.1) is 11.3 Å². The summed E-state index contributed by atoms with van der Waals surface area (Å²) >= 11 is 1.64. The van der Waals surface area contributed by atoms with E-state index in [9.17, 15) is 0 Å². The van der Waals surface area contributed by atoms with Gasteiger partial charge < -0.3 is 9.84 Å². The van der Waals surface area contributed by atoms with E-state index in [1.165, 1.54) is 0 Å². The highest BCUT2D eigenvalue weighted by Gasteiger charge is 1.97. The molecule has 0 saturated carbocycles. The third-order valence-electron chi connectivity index (χ3n) is 1.55. The first-order chi connectivity index (χ1) is 6.45. The number of hydrogen-bond acceptors (Lipinski definition) is 5. The third-order valence-corrected chi connectivity index (χ3v) is 2.33. The van der Waals surface area contributed by atoms with Crippen LogP contribution < -0.4 is 5.32 Å². The Morgan fingerprint density at radius 2 is 2.38 bits per heavy atom. The van der Waals surface area contributed by atoms with Crippen LogP contribution in [0.2, 0.25) is 0 Å². The van der Waals surface area contributed by atoms with Crippen molar-refractivity contribution in [1.82, 2.24) is 15.5 Å². The van der Waals surface area contributed by atoms with Crippen molar-refractivity contribution in [3.8, 4) is 0 Å². The second-order valence-electron chi connectivity index (χ2n) is 2.51. The summed E-state index contributed by atoms with van der Waals surface area (Å²) in [6.45, 7) is 1.47. The number of hydrogen-bond donors (Lipinski definition) is 1. The normalized spacial score (nSPS) is 10.5. The number of nitrogens with one attached hydrogen (secondary N) is 1. The van der Waals surface area contributed by atoms with E-state index >= 15 is 0 Å². The van der Waals surface area contributed by atoms with Gasteiger partial charge in [0.2, 0.25) is 0 Å². The molecule has 2 aromatic heterocycles. The summed E-state index contributed by atoms with van der Waals surface area (Å²) in [5, 5.41) is 9.86. The van der Waals surface area contributed by atoms with Crippen LogP contribution >= 0.6 is 11.3 Å². The average Bonchev–Trinajstić information content (AvgIpc) is 2.75. The maximum absolute atomic E-state index is 4.92. The van der Waals surface area contributed by atoms with Gasteiger partial charge in [-0.05, 0) is 0 Å². The van der Waals surface area contributed by atoms with Gasteiger partial charge in [-0.2, -0.15) is 0 Å². The molecule has 0 spiro atoms. The predicted molar refractivity (Wildman–Crippen MR) is 49.2 cm³/mol. The molecule has 2 heterocycles. The number of nitrogens with zero attached hydrogens (tertiary/aromatic N) is 2. The van der Waals surface area contributed by atoms with E-state index in [0.29, 0.717) is 6.54 Å². The fraction of sp³-hybridized carbons (Fsp3) is 0.250. The zero-order valence-corrected chi connectivity index (χ0v) is 7.75. The predicted octanol–water partition coefficient (Wildman–Crippen LogP) is 1.42. The van der Waals surface area contributed by atoms with Gasteiger partial charge in [0.05, 0.1) is 12.7 Å². The molecular formula is C8H9N3OS. The first kappa shape index (κ1) is 8.40. The van der Waals surface area contributed by atoms with E-state index in [4.69, 9.17) is 4.52 Å². The van der Waals surface area contributed by atoms with Crippen LogP contribution in [0.1, 0.15) is 10.8 Å². The molecule has 0 aromatic carbocycles. The van der Waals surface area contributed by atoms with Crippen LogP contribution in [0.3, 0.4) is 0 Å². The summed E-state index contributed by atoms with van der Waals surface area (Å²) in [6.07, 6.45) is 3.44. The van der Waals surface area contributed by atoms with Gasteiger partial charge in [-0.25, -0.2) is 4.98 Å². The Hall–Kier alpha value is -1.20. The Morgan fingerprint density at radius 1 is 1.38 bits per heavy atom. The summed E-state index contributed by atoms with van der Waals surface area (Å²) in [4.78, 5) is 4.14. The molecule has 0 unspecified atom stereocenters. The molecule has 13 heavy (non-hydrogen) atoms. The summed E-state index contributed by atoms with van der Waals surface area (Å²) < 4.78 is 4.92. The highest BCUT2D eigenvalue weighted by molar-refractivity contribution is 7.09. The Balaban J connectivity index is 1.76. The van der Waals surface area contributed by atoms with E-state index in [2.05, 4.69) is 15.5 Å². The standard InChI is InChI=1S/C8H9N3OS/c1-2-11-12-7(1)5-9-6-8-10-3-4-13-8/h1-4,9H,5-6H2. The van der Waals surface area contributed by atoms with Crippen molar-refractivity contribution in [2.24, 2.45) is 0 Å². The molecule has 5 heteroatoms. The number of rotatable bonds is 4. The van der Waals surface area contributed by atoms with Crippen LogP contribution in [0.4, 0.5) is 0 Å². The lowest BCUT2D eigenvalue weighted by atomic mass is 10.4. The number of aromatic nitrogens is 2. The lowest BCUT2D eigenvalue weighted by molar-refractivity contribution is 0.372. The fourth-order valence-electron chi connectivity index (χ4n) is 0.966. The van der Waals surface area contributed by atoms with Crippen LogP contribution in [0, 0.1) is 0 Å². The molecule has 2 rings (SSSR count). The summed E-state index contributed by atoms with van der Waals surface area (Å²) in [6, 6.07) is 1.84. The summed E-state index contributed by atoms with van der Waals surface area (Å²) in [5.74, 6) is 0.844. The van der Waals surface area contributed by atoms with Gasteiger partial charge >= 0.3 is 0 Å². The van der Waals surface area contributed by atoms with E-state index in [1.54, 1.807) is 23.7 Å². The van der Waals surface area contributed by atoms with Crippen molar-refractivity contribution in [3.05, 3.63) is 34.6 Å². The first-order valence-electron chi connectivity index (χ1n) is 3.94. The number of thiazole rings is 1. The van der Waals surface area contributed by atoms with Crippen LogP contribution in [0.5, 0.6) is 0 Å². The Morgan fingerprint density at radius 3 is 3.08 bits per heavy atom. The van der Waals surface area contributed by atoms with Crippen LogP contribution in [-0.2, 0) is 13.1 Å². The Kier molecular flexibility index (Phi) is 2.68. The largest absolute Gasteiger partial charge is 0.360 e. The van der Waals surface area contributed by atoms with Crippen LogP contribution in [0.15, 0.2) is 28.4 Å². The molecule has 0 bridgehead atoms. The molecule has 1 N–H and O–H groups in total. The second kappa shape index (κ2) is 4.15. The van der Waals surface area contributed by atoms with E-state index in [-0.39, 0.29) is 0 Å². The third kappa shape index (κ3) is 2.37. The fourth-order valence-corrected chi connectivity index (χ4v) is 1.55. The van der Waals surface area contributed by atoms with Crippen molar-refractivity contribution < 1.29 is 4.52 Å².